The first-order valence-electron chi connectivity index (χ1n) is 27.0. The molecule has 81 heavy (non-hydrogen) atoms. The third-order valence-corrected chi connectivity index (χ3v) is 16.7. The second-order valence-electron chi connectivity index (χ2n) is 21.0. The number of nitrogens with zero attached hydrogens (tertiary/aromatic N) is 7. The van der Waals surface area contributed by atoms with Crippen LogP contribution in [0.5, 0.6) is 0 Å². The molecule has 8 heteroatoms. The van der Waals surface area contributed by atoms with Gasteiger partial charge in [-0.1, -0.05) is 97.1 Å². The van der Waals surface area contributed by atoms with Crippen LogP contribution in [0.15, 0.2) is 253 Å². The second kappa shape index (κ2) is 17.0. The third kappa shape index (κ3) is 6.53. The number of para-hydroxylation sites is 4. The van der Waals surface area contributed by atoms with Crippen LogP contribution in [0.3, 0.4) is 0 Å². The number of rotatable bonds is 6. The Morgan fingerprint density at radius 2 is 0.679 bits per heavy atom. The molecule has 0 bridgehead atoms. The average Bonchev–Trinajstić information content (AvgIpc) is 4.51. The van der Waals surface area contributed by atoms with E-state index in [1.807, 2.05) is 60.8 Å². The van der Waals surface area contributed by atoms with E-state index in [-0.39, 0.29) is 0 Å². The second-order valence-corrected chi connectivity index (χ2v) is 21.0. The van der Waals surface area contributed by atoms with Crippen LogP contribution < -0.4 is 0 Å². The van der Waals surface area contributed by atoms with E-state index in [9.17, 15) is 10.5 Å². The van der Waals surface area contributed by atoms with Crippen LogP contribution in [0.1, 0.15) is 11.1 Å². The molecule has 0 N–H and O–H groups in total. The zero-order valence-corrected chi connectivity index (χ0v) is 43.2. The van der Waals surface area contributed by atoms with Crippen molar-refractivity contribution in [3.63, 3.8) is 0 Å². The van der Waals surface area contributed by atoms with E-state index in [0.29, 0.717) is 11.1 Å². The van der Waals surface area contributed by atoms with Gasteiger partial charge < -0.3 is 22.7 Å². The largest absolute Gasteiger partial charge is 0.454 e. The summed E-state index contributed by atoms with van der Waals surface area (Å²) in [6.07, 6.45) is 3.72. The number of hydrogen-bond donors (Lipinski definition) is 0. The fraction of sp³-hybridized carbons (Fsp3) is 0. The Labute approximate surface area is 462 Å². The van der Waals surface area contributed by atoms with E-state index in [1.165, 1.54) is 16.2 Å². The fourth-order valence-corrected chi connectivity index (χ4v) is 13.1. The van der Waals surface area contributed by atoms with Gasteiger partial charge in [-0.05, 0) is 162 Å². The number of fused-ring (bicyclic) bond motifs is 15. The molecule has 0 unspecified atom stereocenters. The van der Waals surface area contributed by atoms with Gasteiger partial charge in [0.15, 0.2) is 5.58 Å². The zero-order chi connectivity index (χ0) is 53.4. The molecule has 0 radical (unpaired) electrons. The summed E-state index contributed by atoms with van der Waals surface area (Å²) < 4.78 is 16.3. The molecule has 374 valence electrons. The lowest BCUT2D eigenvalue weighted by Gasteiger charge is -2.14. The topological polar surface area (TPSA) is 93.3 Å². The summed E-state index contributed by atoms with van der Waals surface area (Å²) >= 11 is 0. The van der Waals surface area contributed by atoms with E-state index in [2.05, 4.69) is 217 Å². The van der Waals surface area contributed by atoms with Crippen LogP contribution in [0.2, 0.25) is 0 Å². The smallest absolute Gasteiger partial charge is 0.159 e. The van der Waals surface area contributed by atoms with Gasteiger partial charge in [-0.15, -0.1) is 0 Å². The molecule has 8 nitrogen and oxygen atoms in total. The lowest BCUT2D eigenvalue weighted by atomic mass is 10.0. The number of pyridine rings is 1. The molecule has 0 aliphatic rings. The summed E-state index contributed by atoms with van der Waals surface area (Å²) in [6, 6.07) is 88.5. The summed E-state index contributed by atoms with van der Waals surface area (Å²) in [4.78, 5) is 4.62. The number of furan rings is 1. The number of nitriles is 2. The van der Waals surface area contributed by atoms with Crippen molar-refractivity contribution in [1.82, 2.24) is 23.3 Å². The maximum absolute atomic E-state index is 9.54. The molecular weight excluding hydrogens is 991 g/mol. The molecule has 0 aliphatic heterocycles. The van der Waals surface area contributed by atoms with Crippen molar-refractivity contribution >= 4 is 109 Å². The number of aromatic nitrogens is 5. The Hall–Kier alpha value is -11.5. The van der Waals surface area contributed by atoms with Gasteiger partial charge >= 0.3 is 0 Å². The van der Waals surface area contributed by atoms with Crippen LogP contribution >= 0.6 is 0 Å². The first kappa shape index (κ1) is 44.7. The normalized spacial score (nSPS) is 11.9. The van der Waals surface area contributed by atoms with Crippen molar-refractivity contribution in [3.05, 3.63) is 260 Å². The van der Waals surface area contributed by atoms with E-state index < -0.39 is 0 Å². The summed E-state index contributed by atoms with van der Waals surface area (Å²) in [5.74, 6) is 0. The first-order valence-corrected chi connectivity index (χ1v) is 27.0. The summed E-state index contributed by atoms with van der Waals surface area (Å²) in [5.41, 5.74) is 20.1. The van der Waals surface area contributed by atoms with Crippen LogP contribution in [-0.4, -0.2) is 23.3 Å². The third-order valence-electron chi connectivity index (χ3n) is 16.7. The standard InChI is InChI=1S/C73H41N7O/c74-41-44-17-25-50(26-18-44)77-63-13-5-1-9-53(63)57-35-46(21-29-67(57)77)48-23-31-69-59(37-48)55-11-3-7-15-65(55)79(69)52-39-61-62-43-76-34-33-72(62)81-73(61)71(40-52)80-66-16-8-4-12-56(66)60-38-49(24-32-70(60)80)47-22-30-68-58(36-47)54-10-2-6-14-64(54)78(68)51-27-19-45(42-75)20-28-51/h1-40,43H. The van der Waals surface area contributed by atoms with Crippen molar-refractivity contribution in [2.75, 3.05) is 0 Å². The minimum Gasteiger partial charge on any atom is -0.454 e. The molecule has 6 heterocycles. The van der Waals surface area contributed by atoms with Crippen LogP contribution in [0.4, 0.5) is 0 Å². The highest BCUT2D eigenvalue weighted by molar-refractivity contribution is 6.17. The predicted molar refractivity (Wildman–Crippen MR) is 329 cm³/mol. The lowest BCUT2D eigenvalue weighted by Crippen LogP contribution is -1.99. The van der Waals surface area contributed by atoms with Gasteiger partial charge in [0.2, 0.25) is 0 Å². The Morgan fingerprint density at radius 3 is 1.10 bits per heavy atom. The zero-order valence-electron chi connectivity index (χ0n) is 43.2. The number of hydrogen-bond acceptors (Lipinski definition) is 4. The molecule has 6 aromatic heterocycles. The Kier molecular flexibility index (Phi) is 9.39. The Bertz CT molecular complexity index is 5620. The molecule has 17 aromatic rings. The van der Waals surface area contributed by atoms with Crippen molar-refractivity contribution in [2.24, 2.45) is 0 Å². The maximum Gasteiger partial charge on any atom is 0.159 e. The van der Waals surface area contributed by atoms with Crippen molar-refractivity contribution in [2.45, 2.75) is 0 Å². The molecule has 0 amide bonds. The summed E-state index contributed by atoms with van der Waals surface area (Å²) in [5, 5.41) is 30.3. The summed E-state index contributed by atoms with van der Waals surface area (Å²) in [7, 11) is 0. The molecule has 17 rings (SSSR count). The Morgan fingerprint density at radius 1 is 0.309 bits per heavy atom. The molecule has 0 atom stereocenters. The highest BCUT2D eigenvalue weighted by Crippen LogP contribution is 2.44. The lowest BCUT2D eigenvalue weighted by molar-refractivity contribution is 0.666. The van der Waals surface area contributed by atoms with Gasteiger partial charge in [-0.25, -0.2) is 0 Å². The molecule has 11 aromatic carbocycles. The molecule has 0 saturated carbocycles. The van der Waals surface area contributed by atoms with Gasteiger partial charge in [-0.3, -0.25) is 4.98 Å². The highest BCUT2D eigenvalue weighted by atomic mass is 16.3. The average molecular weight is 1030 g/mol. The maximum atomic E-state index is 9.54. The first-order chi connectivity index (χ1) is 40.1. The molecule has 0 saturated heterocycles. The van der Waals surface area contributed by atoms with E-state index in [0.717, 1.165) is 138 Å². The molecule has 0 aliphatic carbocycles. The number of benzene rings is 11. The van der Waals surface area contributed by atoms with Crippen molar-refractivity contribution in [1.29, 1.82) is 10.5 Å². The highest BCUT2D eigenvalue weighted by Gasteiger charge is 2.23. The van der Waals surface area contributed by atoms with Crippen LogP contribution in [-0.2, 0) is 0 Å². The summed E-state index contributed by atoms with van der Waals surface area (Å²) in [6.45, 7) is 0. The SMILES string of the molecule is N#Cc1ccc(-n2c3ccccc3c3cc(-c4ccc5c(c4)c4ccccc4n5-c4cc(-n5c6ccccc6c6cc(-c7ccc8c(c7)c7ccccc7n8-c7ccc(C#N)cc7)ccc65)c5oc6ccncc6c5c4)ccc32)cc1. The van der Waals surface area contributed by atoms with E-state index >= 15 is 0 Å². The van der Waals surface area contributed by atoms with E-state index in [1.54, 1.807) is 6.20 Å². The van der Waals surface area contributed by atoms with Crippen LogP contribution in [0, 0.1) is 22.7 Å². The fourth-order valence-electron chi connectivity index (χ4n) is 13.1. The minimum atomic E-state index is 0.637. The van der Waals surface area contributed by atoms with Crippen molar-refractivity contribution in [3.8, 4) is 57.1 Å². The molecule has 0 spiro atoms. The van der Waals surface area contributed by atoms with Gasteiger partial charge in [-0.2, -0.15) is 10.5 Å². The van der Waals surface area contributed by atoms with E-state index in [4.69, 9.17) is 4.42 Å². The van der Waals surface area contributed by atoms with Gasteiger partial charge in [0.1, 0.15) is 5.58 Å². The quantitative estimate of drug-likeness (QED) is 0.166. The molecule has 0 fully saturated rings. The minimum absolute atomic E-state index is 0.637. The Balaban J connectivity index is 0.833. The monoisotopic (exact) mass is 1030 g/mol. The molecular formula is C73H41N7O. The van der Waals surface area contributed by atoms with Gasteiger partial charge in [0.05, 0.1) is 73.1 Å². The van der Waals surface area contributed by atoms with Gasteiger partial charge in [0.25, 0.3) is 0 Å². The predicted octanol–water partition coefficient (Wildman–Crippen LogP) is 18.4. The van der Waals surface area contributed by atoms with Gasteiger partial charge in [0, 0.05) is 83.3 Å². The van der Waals surface area contributed by atoms with Crippen molar-refractivity contribution < 1.29 is 4.42 Å². The van der Waals surface area contributed by atoms with Crippen LogP contribution in [0.25, 0.3) is 154 Å².